The van der Waals surface area contributed by atoms with Crippen LogP contribution in [0.5, 0.6) is 0 Å². The number of hydrogen-bond acceptors (Lipinski definition) is 3. The van der Waals surface area contributed by atoms with Crippen LogP contribution in [-0.2, 0) is 10.3 Å². The molecular weight excluding hydrogens is 190 g/mol. The van der Waals surface area contributed by atoms with Crippen LogP contribution in [0, 0.1) is 6.61 Å². The number of carbonyl (C=O) groups is 1. The molecule has 1 rings (SSSR count). The second kappa shape index (κ2) is 4.45. The first kappa shape index (κ1) is 11.7. The topological polar surface area (TPSA) is 52.3 Å². The summed E-state index contributed by atoms with van der Waals surface area (Å²) in [7, 11) is 0. The van der Waals surface area contributed by atoms with E-state index < -0.39 is 0 Å². The molecule has 0 aliphatic carbocycles. The van der Waals surface area contributed by atoms with E-state index in [2.05, 4.69) is 0 Å². The Morgan fingerprint density at radius 3 is 2.27 bits per heavy atom. The minimum absolute atomic E-state index is 0.348. The Morgan fingerprint density at radius 1 is 1.33 bits per heavy atom. The third-order valence-electron chi connectivity index (χ3n) is 2.09. The summed E-state index contributed by atoms with van der Waals surface area (Å²) in [5.74, 6) is -0.348. The lowest BCUT2D eigenvalue weighted by Crippen LogP contribution is -2.28. The van der Waals surface area contributed by atoms with Crippen molar-refractivity contribution in [2.45, 2.75) is 26.3 Å². The van der Waals surface area contributed by atoms with Gasteiger partial charge in [0.25, 0.3) is 0 Å². The van der Waals surface area contributed by atoms with Crippen molar-refractivity contribution < 1.29 is 9.53 Å². The Balaban J connectivity index is 2.86. The molecule has 0 atom stereocenters. The molecule has 0 fully saturated rings. The summed E-state index contributed by atoms with van der Waals surface area (Å²) in [4.78, 5) is 11.3. The molecule has 81 valence electrons. The van der Waals surface area contributed by atoms with Crippen LogP contribution in [0.15, 0.2) is 24.3 Å². The van der Waals surface area contributed by atoms with E-state index in [0.29, 0.717) is 5.56 Å². The van der Waals surface area contributed by atoms with E-state index in [1.54, 1.807) is 19.1 Å². The molecular formula is C12H16NO2. The zero-order valence-electron chi connectivity index (χ0n) is 9.28. The van der Waals surface area contributed by atoms with Gasteiger partial charge in [-0.3, -0.25) is 0 Å². The van der Waals surface area contributed by atoms with Gasteiger partial charge in [0.1, 0.15) is 6.61 Å². The monoisotopic (exact) mass is 206 g/mol. The number of hydrogen-bond donors (Lipinski definition) is 1. The van der Waals surface area contributed by atoms with E-state index in [4.69, 9.17) is 10.5 Å². The van der Waals surface area contributed by atoms with Crippen LogP contribution in [0.4, 0.5) is 0 Å². The first-order valence-corrected chi connectivity index (χ1v) is 4.83. The Hall–Kier alpha value is -1.35. The zero-order valence-corrected chi connectivity index (χ0v) is 9.28. The summed E-state index contributed by atoms with van der Waals surface area (Å²) in [5, 5.41) is 0. The highest BCUT2D eigenvalue weighted by molar-refractivity contribution is 5.89. The van der Waals surface area contributed by atoms with Gasteiger partial charge >= 0.3 is 5.97 Å². The molecule has 2 N–H and O–H groups in total. The highest BCUT2D eigenvalue weighted by Gasteiger charge is 2.14. The lowest BCUT2D eigenvalue weighted by Gasteiger charge is -2.19. The van der Waals surface area contributed by atoms with E-state index in [1.807, 2.05) is 26.0 Å². The molecule has 0 aromatic heterocycles. The third-order valence-corrected chi connectivity index (χ3v) is 2.09. The first-order chi connectivity index (χ1) is 6.95. The summed E-state index contributed by atoms with van der Waals surface area (Å²) in [5.41, 5.74) is 7.04. The van der Waals surface area contributed by atoms with Crippen molar-refractivity contribution in [2.24, 2.45) is 5.73 Å². The fourth-order valence-corrected chi connectivity index (χ4v) is 1.21. The molecule has 1 aromatic carbocycles. The molecule has 3 heteroatoms. The van der Waals surface area contributed by atoms with Gasteiger partial charge in [-0.1, -0.05) is 12.1 Å². The molecule has 0 heterocycles. The van der Waals surface area contributed by atoms with E-state index in [9.17, 15) is 4.79 Å². The first-order valence-electron chi connectivity index (χ1n) is 4.83. The highest BCUT2D eigenvalue weighted by Crippen LogP contribution is 2.17. The van der Waals surface area contributed by atoms with Crippen molar-refractivity contribution in [3.63, 3.8) is 0 Å². The molecule has 1 radical (unpaired) electrons. The maximum atomic E-state index is 11.3. The van der Waals surface area contributed by atoms with Crippen LogP contribution in [0.3, 0.4) is 0 Å². The van der Waals surface area contributed by atoms with Crippen molar-refractivity contribution >= 4 is 5.97 Å². The molecule has 3 nitrogen and oxygen atoms in total. The maximum Gasteiger partial charge on any atom is 0.338 e. The summed E-state index contributed by atoms with van der Waals surface area (Å²) < 4.78 is 4.76. The summed E-state index contributed by atoms with van der Waals surface area (Å²) in [6.07, 6.45) is 0. The fraction of sp³-hybridized carbons (Fsp3) is 0.333. The Labute approximate surface area is 90.2 Å². The second-order valence-electron chi connectivity index (χ2n) is 3.94. The molecule has 0 aliphatic rings. The molecule has 0 spiro atoms. The Bertz CT molecular complexity index is 336. The molecule has 0 aliphatic heterocycles. The molecule has 0 saturated heterocycles. The summed E-state index contributed by atoms with van der Waals surface area (Å²) in [6.45, 7) is 6.86. The standard InChI is InChI=1S/C12H16NO2/c1-4-15-11(14)9-5-7-10(8-6-9)12(2,3)13/h4-8H,13H2,1-3H3. The van der Waals surface area contributed by atoms with Gasteiger partial charge in [-0.25, -0.2) is 4.79 Å². The van der Waals surface area contributed by atoms with Crippen LogP contribution >= 0.6 is 0 Å². The van der Waals surface area contributed by atoms with Gasteiger partial charge in [-0.05, 0) is 38.5 Å². The van der Waals surface area contributed by atoms with E-state index >= 15 is 0 Å². The van der Waals surface area contributed by atoms with Crippen molar-refractivity contribution in [3.05, 3.63) is 42.0 Å². The van der Waals surface area contributed by atoms with Crippen LogP contribution in [-0.4, -0.2) is 5.97 Å². The molecule has 0 saturated carbocycles. The van der Waals surface area contributed by atoms with Crippen LogP contribution in [0.25, 0.3) is 0 Å². The lowest BCUT2D eigenvalue weighted by atomic mass is 9.95. The van der Waals surface area contributed by atoms with Gasteiger partial charge in [-0.15, -0.1) is 0 Å². The van der Waals surface area contributed by atoms with Crippen molar-refractivity contribution in [1.29, 1.82) is 0 Å². The summed E-state index contributed by atoms with van der Waals surface area (Å²) in [6, 6.07) is 7.12. The number of esters is 1. The quantitative estimate of drug-likeness (QED) is 0.771. The third kappa shape index (κ3) is 3.06. The number of carbonyl (C=O) groups excluding carboxylic acids is 1. The van der Waals surface area contributed by atoms with Crippen molar-refractivity contribution in [2.75, 3.05) is 0 Å². The average Bonchev–Trinajstić information content (AvgIpc) is 2.17. The van der Waals surface area contributed by atoms with Gasteiger partial charge in [-0.2, -0.15) is 0 Å². The van der Waals surface area contributed by atoms with Gasteiger partial charge in [0.05, 0.1) is 5.56 Å². The minimum Gasteiger partial charge on any atom is -0.455 e. The lowest BCUT2D eigenvalue weighted by molar-refractivity contribution is 0.0612. The largest absolute Gasteiger partial charge is 0.455 e. The smallest absolute Gasteiger partial charge is 0.338 e. The highest BCUT2D eigenvalue weighted by atomic mass is 16.5. The number of benzene rings is 1. The molecule has 15 heavy (non-hydrogen) atoms. The van der Waals surface area contributed by atoms with E-state index in [0.717, 1.165) is 5.56 Å². The fourth-order valence-electron chi connectivity index (χ4n) is 1.21. The maximum absolute atomic E-state index is 11.3. The van der Waals surface area contributed by atoms with Crippen LogP contribution < -0.4 is 5.73 Å². The van der Waals surface area contributed by atoms with Crippen molar-refractivity contribution in [1.82, 2.24) is 0 Å². The average molecular weight is 206 g/mol. The molecule has 0 amide bonds. The van der Waals surface area contributed by atoms with Gasteiger partial charge in [0.15, 0.2) is 0 Å². The second-order valence-corrected chi connectivity index (χ2v) is 3.94. The normalized spacial score (nSPS) is 11.2. The predicted octanol–water partition coefficient (Wildman–Crippen LogP) is 2.22. The Kier molecular flexibility index (Phi) is 3.48. The minimum atomic E-state index is -0.390. The SMILES string of the molecule is C[CH]OC(=O)c1ccc(C(C)(C)N)cc1. The van der Waals surface area contributed by atoms with Crippen LogP contribution in [0.1, 0.15) is 36.7 Å². The van der Waals surface area contributed by atoms with Gasteiger partial charge < -0.3 is 10.5 Å². The predicted molar refractivity (Wildman–Crippen MR) is 59.0 cm³/mol. The molecule has 0 unspecified atom stereocenters. The number of nitrogens with two attached hydrogens (primary N) is 1. The molecule has 1 aromatic rings. The summed E-state index contributed by atoms with van der Waals surface area (Å²) >= 11 is 0. The van der Waals surface area contributed by atoms with Crippen LogP contribution in [0.2, 0.25) is 0 Å². The van der Waals surface area contributed by atoms with E-state index in [-0.39, 0.29) is 11.5 Å². The molecule has 0 bridgehead atoms. The van der Waals surface area contributed by atoms with Gasteiger partial charge in [0.2, 0.25) is 0 Å². The van der Waals surface area contributed by atoms with Gasteiger partial charge in [0, 0.05) is 5.54 Å². The number of rotatable bonds is 3. The number of ether oxygens (including phenoxy) is 1. The van der Waals surface area contributed by atoms with Crippen molar-refractivity contribution in [3.8, 4) is 0 Å². The Morgan fingerprint density at radius 2 is 1.87 bits per heavy atom. The zero-order chi connectivity index (χ0) is 11.5. The van der Waals surface area contributed by atoms with E-state index in [1.165, 1.54) is 6.61 Å².